The number of nitrogens with one attached hydrogen (secondary N) is 2. The molecule has 3 rings (SSSR count). The van der Waals surface area contributed by atoms with E-state index in [1.54, 1.807) is 0 Å². The zero-order valence-corrected chi connectivity index (χ0v) is 12.8. The maximum Gasteiger partial charge on any atom is 0.217 e. The predicted molar refractivity (Wildman–Crippen MR) is 86.2 cm³/mol. The van der Waals surface area contributed by atoms with Crippen molar-refractivity contribution in [3.8, 4) is 0 Å². The van der Waals surface area contributed by atoms with E-state index in [-0.39, 0.29) is 12.0 Å². The highest BCUT2D eigenvalue weighted by Gasteiger charge is 2.22. The SMILES string of the molecule is CC(=O)NCC1CC(c2ccc(N3CCNCC3)cc2)=NO1. The lowest BCUT2D eigenvalue weighted by Gasteiger charge is -2.29. The zero-order chi connectivity index (χ0) is 15.4. The lowest BCUT2D eigenvalue weighted by molar-refractivity contribution is -0.119. The van der Waals surface area contributed by atoms with E-state index < -0.39 is 0 Å². The Morgan fingerprint density at radius 1 is 1.36 bits per heavy atom. The van der Waals surface area contributed by atoms with Gasteiger partial charge in [0, 0.05) is 45.2 Å². The van der Waals surface area contributed by atoms with Gasteiger partial charge < -0.3 is 20.4 Å². The maximum absolute atomic E-state index is 10.9. The number of amides is 1. The summed E-state index contributed by atoms with van der Waals surface area (Å²) < 4.78 is 0. The molecule has 1 aromatic rings. The van der Waals surface area contributed by atoms with E-state index in [0.717, 1.165) is 43.9 Å². The summed E-state index contributed by atoms with van der Waals surface area (Å²) in [6.07, 6.45) is 0.666. The van der Waals surface area contributed by atoms with Crippen molar-refractivity contribution < 1.29 is 9.63 Å². The summed E-state index contributed by atoms with van der Waals surface area (Å²) in [4.78, 5) is 18.7. The van der Waals surface area contributed by atoms with Gasteiger partial charge in [0.15, 0.2) is 0 Å². The van der Waals surface area contributed by atoms with Gasteiger partial charge in [0.1, 0.15) is 6.10 Å². The molecule has 1 saturated heterocycles. The minimum Gasteiger partial charge on any atom is -0.390 e. The first kappa shape index (κ1) is 14.8. The number of hydrogen-bond acceptors (Lipinski definition) is 5. The molecule has 0 radical (unpaired) electrons. The van der Waals surface area contributed by atoms with E-state index in [4.69, 9.17) is 4.84 Å². The summed E-state index contributed by atoms with van der Waals surface area (Å²) in [6, 6.07) is 8.48. The summed E-state index contributed by atoms with van der Waals surface area (Å²) in [5.74, 6) is -0.0441. The minimum atomic E-state index is -0.0632. The number of piperazine rings is 1. The average Bonchev–Trinajstić information content (AvgIpc) is 3.03. The van der Waals surface area contributed by atoms with Crippen LogP contribution in [0.1, 0.15) is 18.9 Å². The fourth-order valence-corrected chi connectivity index (χ4v) is 2.75. The van der Waals surface area contributed by atoms with Gasteiger partial charge in [-0.15, -0.1) is 0 Å². The standard InChI is InChI=1S/C16H22N4O2/c1-12(21)18-11-15-10-16(19-22-15)13-2-4-14(5-3-13)20-8-6-17-7-9-20/h2-5,15,17H,6-11H2,1H3,(H,18,21). The van der Waals surface area contributed by atoms with E-state index in [1.165, 1.54) is 12.6 Å². The fourth-order valence-electron chi connectivity index (χ4n) is 2.75. The topological polar surface area (TPSA) is 66.0 Å². The molecule has 1 aromatic carbocycles. The lowest BCUT2D eigenvalue weighted by Crippen LogP contribution is -2.43. The van der Waals surface area contributed by atoms with Gasteiger partial charge in [-0.3, -0.25) is 4.79 Å². The van der Waals surface area contributed by atoms with Crippen LogP contribution in [0.15, 0.2) is 29.4 Å². The number of nitrogens with zero attached hydrogens (tertiary/aromatic N) is 2. The molecular formula is C16H22N4O2. The predicted octanol–water partition coefficient (Wildman–Crippen LogP) is 0.725. The normalized spacial score (nSPS) is 21.2. The monoisotopic (exact) mass is 302 g/mol. The Kier molecular flexibility index (Phi) is 4.58. The van der Waals surface area contributed by atoms with Gasteiger partial charge in [-0.2, -0.15) is 0 Å². The van der Waals surface area contributed by atoms with Gasteiger partial charge >= 0.3 is 0 Å². The summed E-state index contributed by atoms with van der Waals surface area (Å²) in [6.45, 7) is 6.16. The summed E-state index contributed by atoms with van der Waals surface area (Å²) in [5.41, 5.74) is 3.28. The van der Waals surface area contributed by atoms with Crippen molar-refractivity contribution in [1.29, 1.82) is 0 Å². The van der Waals surface area contributed by atoms with Crippen LogP contribution in [0, 0.1) is 0 Å². The van der Waals surface area contributed by atoms with E-state index in [2.05, 4.69) is 45.0 Å². The molecule has 2 heterocycles. The Balaban J connectivity index is 1.58. The van der Waals surface area contributed by atoms with Crippen molar-refractivity contribution in [2.24, 2.45) is 5.16 Å². The molecule has 2 N–H and O–H groups in total. The molecule has 1 unspecified atom stereocenters. The molecule has 0 saturated carbocycles. The quantitative estimate of drug-likeness (QED) is 0.860. The molecule has 0 bridgehead atoms. The number of anilines is 1. The second-order valence-electron chi connectivity index (χ2n) is 5.69. The second kappa shape index (κ2) is 6.79. The molecule has 2 aliphatic heterocycles. The Morgan fingerprint density at radius 3 is 2.77 bits per heavy atom. The van der Waals surface area contributed by atoms with Crippen molar-refractivity contribution >= 4 is 17.3 Å². The van der Waals surface area contributed by atoms with Gasteiger partial charge in [-0.05, 0) is 17.7 Å². The highest BCUT2D eigenvalue weighted by Crippen LogP contribution is 2.20. The number of oxime groups is 1. The number of hydrogen-bond donors (Lipinski definition) is 2. The fraction of sp³-hybridized carbons (Fsp3) is 0.500. The van der Waals surface area contributed by atoms with Crippen LogP contribution in [0.4, 0.5) is 5.69 Å². The Labute approximate surface area is 130 Å². The van der Waals surface area contributed by atoms with Crippen LogP contribution in [0.25, 0.3) is 0 Å². The van der Waals surface area contributed by atoms with Crippen LogP contribution in [0.2, 0.25) is 0 Å². The number of carbonyl (C=O) groups is 1. The summed E-state index contributed by atoms with van der Waals surface area (Å²) in [7, 11) is 0. The van der Waals surface area contributed by atoms with Crippen molar-refractivity contribution in [3.63, 3.8) is 0 Å². The molecule has 118 valence electrons. The van der Waals surface area contributed by atoms with E-state index >= 15 is 0 Å². The first-order valence-corrected chi connectivity index (χ1v) is 7.75. The molecule has 6 nitrogen and oxygen atoms in total. The van der Waals surface area contributed by atoms with Crippen molar-refractivity contribution in [1.82, 2.24) is 10.6 Å². The lowest BCUT2D eigenvalue weighted by atomic mass is 10.0. The highest BCUT2D eigenvalue weighted by molar-refractivity contribution is 6.01. The Morgan fingerprint density at radius 2 is 2.09 bits per heavy atom. The summed E-state index contributed by atoms with van der Waals surface area (Å²) in [5, 5.41) is 10.3. The minimum absolute atomic E-state index is 0.0441. The zero-order valence-electron chi connectivity index (χ0n) is 12.8. The first-order chi connectivity index (χ1) is 10.7. The Hall–Kier alpha value is -2.08. The highest BCUT2D eigenvalue weighted by atomic mass is 16.6. The van der Waals surface area contributed by atoms with E-state index in [0.29, 0.717) is 6.54 Å². The molecule has 22 heavy (non-hydrogen) atoms. The van der Waals surface area contributed by atoms with Gasteiger partial charge in [0.05, 0.1) is 12.3 Å². The number of carbonyl (C=O) groups excluding carboxylic acids is 1. The smallest absolute Gasteiger partial charge is 0.217 e. The number of benzene rings is 1. The third kappa shape index (κ3) is 3.57. The second-order valence-corrected chi connectivity index (χ2v) is 5.69. The molecular weight excluding hydrogens is 280 g/mol. The average molecular weight is 302 g/mol. The molecule has 0 aromatic heterocycles. The maximum atomic E-state index is 10.9. The van der Waals surface area contributed by atoms with Gasteiger partial charge in [-0.1, -0.05) is 17.3 Å². The third-order valence-corrected chi connectivity index (χ3v) is 3.99. The van der Waals surface area contributed by atoms with Crippen LogP contribution in [-0.2, 0) is 9.63 Å². The van der Waals surface area contributed by atoms with Gasteiger partial charge in [-0.25, -0.2) is 0 Å². The van der Waals surface area contributed by atoms with Crippen LogP contribution in [0.3, 0.4) is 0 Å². The van der Waals surface area contributed by atoms with E-state index in [9.17, 15) is 4.79 Å². The van der Waals surface area contributed by atoms with Gasteiger partial charge in [0.25, 0.3) is 0 Å². The van der Waals surface area contributed by atoms with Crippen molar-refractivity contribution in [2.75, 3.05) is 37.6 Å². The third-order valence-electron chi connectivity index (χ3n) is 3.99. The van der Waals surface area contributed by atoms with Crippen LogP contribution in [0.5, 0.6) is 0 Å². The molecule has 1 amide bonds. The molecule has 6 heteroatoms. The van der Waals surface area contributed by atoms with Crippen molar-refractivity contribution in [2.45, 2.75) is 19.4 Å². The first-order valence-electron chi connectivity index (χ1n) is 7.75. The van der Waals surface area contributed by atoms with Crippen LogP contribution >= 0.6 is 0 Å². The molecule has 0 spiro atoms. The largest absolute Gasteiger partial charge is 0.390 e. The van der Waals surface area contributed by atoms with Crippen LogP contribution < -0.4 is 15.5 Å². The number of rotatable bonds is 4. The van der Waals surface area contributed by atoms with Crippen molar-refractivity contribution in [3.05, 3.63) is 29.8 Å². The molecule has 2 aliphatic rings. The van der Waals surface area contributed by atoms with Gasteiger partial charge in [0.2, 0.25) is 5.91 Å². The Bertz CT molecular complexity index is 550. The molecule has 1 fully saturated rings. The molecule has 1 atom stereocenters. The summed E-state index contributed by atoms with van der Waals surface area (Å²) >= 11 is 0. The molecule has 0 aliphatic carbocycles. The van der Waals surface area contributed by atoms with Crippen LogP contribution in [-0.4, -0.2) is 50.4 Å². The van der Waals surface area contributed by atoms with E-state index in [1.807, 2.05) is 0 Å².